The second-order valence-corrected chi connectivity index (χ2v) is 5.28. The number of nitrogen functional groups attached to an aromatic ring is 1. The van der Waals surface area contributed by atoms with Crippen molar-refractivity contribution in [1.82, 2.24) is 14.8 Å². The number of aromatic nitrogens is 1. The maximum absolute atomic E-state index is 12.5. The molecule has 0 radical (unpaired) electrons. The first kappa shape index (κ1) is 13.8. The molecular weight excluding hydrogens is 240 g/mol. The van der Waals surface area contributed by atoms with Crippen LogP contribution >= 0.6 is 0 Å². The lowest BCUT2D eigenvalue weighted by molar-refractivity contribution is 0.0783. The van der Waals surface area contributed by atoms with E-state index in [9.17, 15) is 4.79 Å². The smallest absolute Gasteiger partial charge is 0.254 e. The van der Waals surface area contributed by atoms with Crippen molar-refractivity contribution in [3.05, 3.63) is 23.4 Å². The second kappa shape index (κ2) is 5.57. The molecule has 0 spiro atoms. The summed E-state index contributed by atoms with van der Waals surface area (Å²) >= 11 is 0. The SMILES string of the molecule is CCc1cc(C(=O)N2CCC(N(C)C)C2)cc(N)n1. The fraction of sp³-hybridized carbons (Fsp3) is 0.571. The molecule has 19 heavy (non-hydrogen) atoms. The predicted octanol–water partition coefficient (Wildman–Crippen LogP) is 1.00. The Balaban J connectivity index is 2.14. The van der Waals surface area contributed by atoms with E-state index in [1.807, 2.05) is 17.9 Å². The number of likely N-dealkylation sites (N-methyl/N-ethyl adjacent to an activating group) is 1. The molecule has 1 aromatic rings. The molecule has 1 aliphatic heterocycles. The maximum atomic E-state index is 12.5. The Morgan fingerprint density at radius 3 is 2.84 bits per heavy atom. The van der Waals surface area contributed by atoms with Crippen molar-refractivity contribution in [1.29, 1.82) is 0 Å². The molecule has 0 saturated carbocycles. The van der Waals surface area contributed by atoms with Gasteiger partial charge in [0, 0.05) is 30.4 Å². The van der Waals surface area contributed by atoms with Gasteiger partial charge >= 0.3 is 0 Å². The van der Waals surface area contributed by atoms with Crippen LogP contribution in [0.4, 0.5) is 5.82 Å². The Morgan fingerprint density at radius 2 is 2.26 bits per heavy atom. The number of nitrogens with zero attached hydrogens (tertiary/aromatic N) is 3. The molecule has 0 aliphatic carbocycles. The van der Waals surface area contributed by atoms with Crippen molar-refractivity contribution in [3.8, 4) is 0 Å². The molecule has 1 aliphatic rings. The van der Waals surface area contributed by atoms with Crippen LogP contribution in [0.1, 0.15) is 29.4 Å². The van der Waals surface area contributed by atoms with Crippen molar-refractivity contribution in [2.24, 2.45) is 0 Å². The van der Waals surface area contributed by atoms with E-state index in [1.165, 1.54) is 0 Å². The Labute approximate surface area is 114 Å². The Hall–Kier alpha value is -1.62. The van der Waals surface area contributed by atoms with Crippen LogP contribution in [0.3, 0.4) is 0 Å². The van der Waals surface area contributed by atoms with E-state index in [0.717, 1.165) is 31.6 Å². The van der Waals surface area contributed by atoms with Gasteiger partial charge in [0.1, 0.15) is 5.82 Å². The van der Waals surface area contributed by atoms with Gasteiger partial charge in [0.05, 0.1) is 0 Å². The van der Waals surface area contributed by atoms with Crippen LogP contribution in [0, 0.1) is 0 Å². The summed E-state index contributed by atoms with van der Waals surface area (Å²) in [7, 11) is 4.11. The molecule has 0 bridgehead atoms. The lowest BCUT2D eigenvalue weighted by Gasteiger charge is -2.20. The van der Waals surface area contributed by atoms with Crippen molar-refractivity contribution < 1.29 is 4.79 Å². The quantitative estimate of drug-likeness (QED) is 0.883. The molecule has 1 atom stereocenters. The third kappa shape index (κ3) is 3.04. The third-order valence-corrected chi connectivity index (χ3v) is 3.69. The monoisotopic (exact) mass is 262 g/mol. The normalized spacial score (nSPS) is 19.2. The van der Waals surface area contributed by atoms with Gasteiger partial charge in [-0.15, -0.1) is 0 Å². The highest BCUT2D eigenvalue weighted by molar-refractivity contribution is 5.95. The van der Waals surface area contributed by atoms with Gasteiger partial charge in [0.2, 0.25) is 0 Å². The van der Waals surface area contributed by atoms with Crippen molar-refractivity contribution >= 4 is 11.7 Å². The molecule has 1 unspecified atom stereocenters. The number of amides is 1. The maximum Gasteiger partial charge on any atom is 0.254 e. The number of hydrogen-bond acceptors (Lipinski definition) is 4. The van der Waals surface area contributed by atoms with Gasteiger partial charge in [-0.25, -0.2) is 4.98 Å². The number of nitrogens with two attached hydrogens (primary N) is 1. The summed E-state index contributed by atoms with van der Waals surface area (Å²) in [5, 5.41) is 0. The van der Waals surface area contributed by atoms with Gasteiger partial charge in [-0.1, -0.05) is 6.92 Å². The lowest BCUT2D eigenvalue weighted by atomic mass is 10.1. The summed E-state index contributed by atoms with van der Waals surface area (Å²) < 4.78 is 0. The van der Waals surface area contributed by atoms with E-state index < -0.39 is 0 Å². The zero-order valence-corrected chi connectivity index (χ0v) is 11.9. The standard InChI is InChI=1S/C14H22N4O/c1-4-11-7-10(8-13(15)16-11)14(19)18-6-5-12(9-18)17(2)3/h7-8,12H,4-6,9H2,1-3H3,(H2,15,16). The molecule has 5 heteroatoms. The molecular formula is C14H22N4O. The minimum atomic E-state index is 0.0631. The lowest BCUT2D eigenvalue weighted by Crippen LogP contribution is -2.34. The molecule has 5 nitrogen and oxygen atoms in total. The zero-order valence-electron chi connectivity index (χ0n) is 11.9. The van der Waals surface area contributed by atoms with Gasteiger partial charge < -0.3 is 15.5 Å². The van der Waals surface area contributed by atoms with E-state index in [4.69, 9.17) is 5.73 Å². The number of carbonyl (C=O) groups is 1. The van der Waals surface area contributed by atoms with Crippen LogP contribution in [0.2, 0.25) is 0 Å². The highest BCUT2D eigenvalue weighted by Gasteiger charge is 2.28. The molecule has 2 heterocycles. The molecule has 104 valence electrons. The summed E-state index contributed by atoms with van der Waals surface area (Å²) in [6, 6.07) is 3.97. The first-order valence-electron chi connectivity index (χ1n) is 6.73. The minimum absolute atomic E-state index is 0.0631. The van der Waals surface area contributed by atoms with Crippen LogP contribution in [0.15, 0.2) is 12.1 Å². The molecule has 1 amide bonds. The fourth-order valence-electron chi connectivity index (χ4n) is 2.45. The predicted molar refractivity (Wildman–Crippen MR) is 76.0 cm³/mol. The van der Waals surface area contributed by atoms with Crippen molar-refractivity contribution in [2.75, 3.05) is 32.9 Å². The largest absolute Gasteiger partial charge is 0.384 e. The Kier molecular flexibility index (Phi) is 4.04. The minimum Gasteiger partial charge on any atom is -0.384 e. The molecule has 1 fully saturated rings. The van der Waals surface area contributed by atoms with E-state index in [1.54, 1.807) is 6.07 Å². The van der Waals surface area contributed by atoms with Gasteiger partial charge in [-0.05, 0) is 39.1 Å². The number of rotatable bonds is 3. The number of aryl methyl sites for hydroxylation is 1. The van der Waals surface area contributed by atoms with E-state index in [-0.39, 0.29) is 5.91 Å². The van der Waals surface area contributed by atoms with Gasteiger partial charge in [-0.2, -0.15) is 0 Å². The second-order valence-electron chi connectivity index (χ2n) is 5.28. The first-order valence-corrected chi connectivity index (χ1v) is 6.73. The summed E-state index contributed by atoms with van der Waals surface area (Å²) in [5.41, 5.74) is 7.28. The van der Waals surface area contributed by atoms with E-state index >= 15 is 0 Å². The average molecular weight is 262 g/mol. The van der Waals surface area contributed by atoms with Crippen LogP contribution < -0.4 is 5.73 Å². The van der Waals surface area contributed by atoms with Crippen molar-refractivity contribution in [3.63, 3.8) is 0 Å². The van der Waals surface area contributed by atoms with Crippen LogP contribution in [-0.2, 0) is 6.42 Å². The number of hydrogen-bond donors (Lipinski definition) is 1. The third-order valence-electron chi connectivity index (χ3n) is 3.69. The van der Waals surface area contributed by atoms with Crippen LogP contribution in [0.5, 0.6) is 0 Å². The summed E-state index contributed by atoms with van der Waals surface area (Å²) in [6.07, 6.45) is 1.81. The van der Waals surface area contributed by atoms with Gasteiger partial charge in [0.25, 0.3) is 5.91 Å². The summed E-state index contributed by atoms with van der Waals surface area (Å²) in [4.78, 5) is 20.7. The molecule has 1 aromatic heterocycles. The van der Waals surface area contributed by atoms with Crippen molar-refractivity contribution in [2.45, 2.75) is 25.8 Å². The fourth-order valence-corrected chi connectivity index (χ4v) is 2.45. The average Bonchev–Trinajstić information content (AvgIpc) is 2.86. The summed E-state index contributed by atoms with van der Waals surface area (Å²) in [6.45, 7) is 3.61. The molecule has 2 rings (SSSR count). The van der Waals surface area contributed by atoms with Gasteiger partial charge in [-0.3, -0.25) is 4.79 Å². The number of carbonyl (C=O) groups excluding carboxylic acids is 1. The van der Waals surface area contributed by atoms with Gasteiger partial charge in [0.15, 0.2) is 0 Å². The molecule has 2 N–H and O–H groups in total. The Morgan fingerprint density at radius 1 is 1.53 bits per heavy atom. The topological polar surface area (TPSA) is 62.5 Å². The first-order chi connectivity index (χ1) is 9.01. The highest BCUT2D eigenvalue weighted by Crippen LogP contribution is 2.18. The Bertz CT molecular complexity index is 473. The zero-order chi connectivity index (χ0) is 14.0. The van der Waals surface area contributed by atoms with Crippen LogP contribution in [0.25, 0.3) is 0 Å². The molecule has 1 saturated heterocycles. The number of anilines is 1. The van der Waals surface area contributed by atoms with Crippen LogP contribution in [-0.4, -0.2) is 53.9 Å². The number of likely N-dealkylation sites (tertiary alicyclic amines) is 1. The highest BCUT2D eigenvalue weighted by atomic mass is 16.2. The number of pyridine rings is 1. The molecule has 0 aromatic carbocycles. The summed E-state index contributed by atoms with van der Waals surface area (Å²) in [5.74, 6) is 0.485. The van der Waals surface area contributed by atoms with E-state index in [0.29, 0.717) is 17.4 Å². The van der Waals surface area contributed by atoms with E-state index in [2.05, 4.69) is 24.0 Å².